The van der Waals surface area contributed by atoms with Crippen molar-refractivity contribution in [3.63, 3.8) is 0 Å². The topological polar surface area (TPSA) is 70.6 Å². The minimum Gasteiger partial charge on any atom is -0.336 e. The Morgan fingerprint density at radius 3 is 3.00 bits per heavy atom. The summed E-state index contributed by atoms with van der Waals surface area (Å²) < 4.78 is 0. The van der Waals surface area contributed by atoms with Gasteiger partial charge >= 0.3 is 6.03 Å². The van der Waals surface area contributed by atoms with Crippen molar-refractivity contribution in [1.29, 1.82) is 0 Å². The van der Waals surface area contributed by atoms with Gasteiger partial charge in [0.1, 0.15) is 5.84 Å². The molecule has 0 atom stereocenters. The molecule has 0 aromatic heterocycles. The van der Waals surface area contributed by atoms with Gasteiger partial charge in [-0.3, -0.25) is 4.79 Å². The fourth-order valence-electron chi connectivity index (χ4n) is 1.14. The van der Waals surface area contributed by atoms with E-state index in [1.54, 1.807) is 0 Å². The van der Waals surface area contributed by atoms with E-state index in [9.17, 15) is 9.59 Å². The highest BCUT2D eigenvalue weighted by molar-refractivity contribution is 6.09. The van der Waals surface area contributed by atoms with Crippen LogP contribution in [0.4, 0.5) is 4.79 Å². The molecular formula is C9H13N3O2. The lowest BCUT2D eigenvalue weighted by Crippen LogP contribution is -2.34. The number of hydrogen-bond acceptors (Lipinski definition) is 2. The van der Waals surface area contributed by atoms with Crippen LogP contribution in [0.1, 0.15) is 20.3 Å². The number of carbonyl (C=O) groups excluding carboxylic acids is 2. The molecule has 0 unspecified atom stereocenters. The highest BCUT2D eigenvalue weighted by atomic mass is 16.2. The minimum atomic E-state index is -0.419. The van der Waals surface area contributed by atoms with Crippen molar-refractivity contribution in [2.45, 2.75) is 20.3 Å². The minimum absolute atomic E-state index is 0.225. The Bertz CT molecular complexity index is 318. The van der Waals surface area contributed by atoms with Crippen LogP contribution in [-0.4, -0.2) is 24.3 Å². The van der Waals surface area contributed by atoms with E-state index in [-0.39, 0.29) is 5.91 Å². The largest absolute Gasteiger partial charge is 0.342 e. The summed E-state index contributed by atoms with van der Waals surface area (Å²) in [6.45, 7) is 4.16. The highest BCUT2D eigenvalue weighted by Crippen LogP contribution is 2.05. The van der Waals surface area contributed by atoms with Crippen LogP contribution in [0.25, 0.3) is 0 Å². The normalized spacial score (nSPS) is 18.9. The third kappa shape index (κ3) is 3.01. The van der Waals surface area contributed by atoms with Crippen molar-refractivity contribution in [3.8, 4) is 0 Å². The monoisotopic (exact) mass is 195 g/mol. The molecular weight excluding hydrogens is 182 g/mol. The summed E-state index contributed by atoms with van der Waals surface area (Å²) in [6.07, 6.45) is 2.01. The van der Waals surface area contributed by atoms with E-state index in [0.29, 0.717) is 18.8 Å². The molecule has 3 amide bonds. The van der Waals surface area contributed by atoms with Crippen LogP contribution < -0.4 is 10.6 Å². The maximum Gasteiger partial charge on any atom is 0.342 e. The van der Waals surface area contributed by atoms with Gasteiger partial charge < -0.3 is 10.6 Å². The summed E-state index contributed by atoms with van der Waals surface area (Å²) in [5, 5.41) is 5.04. The Kier molecular flexibility index (Phi) is 3.39. The van der Waals surface area contributed by atoms with Crippen molar-refractivity contribution < 1.29 is 9.59 Å². The van der Waals surface area contributed by atoms with E-state index in [4.69, 9.17) is 0 Å². The van der Waals surface area contributed by atoms with Gasteiger partial charge in [-0.1, -0.05) is 5.57 Å². The first kappa shape index (κ1) is 10.4. The van der Waals surface area contributed by atoms with Gasteiger partial charge in [0.05, 0.1) is 0 Å². The summed E-state index contributed by atoms with van der Waals surface area (Å²) in [5.41, 5.74) is 0.900. The van der Waals surface area contributed by atoms with E-state index in [1.165, 1.54) is 6.08 Å². The molecule has 5 heteroatoms. The van der Waals surface area contributed by atoms with Crippen LogP contribution in [0.5, 0.6) is 0 Å². The Hall–Kier alpha value is -1.65. The second kappa shape index (κ2) is 4.55. The average Bonchev–Trinajstić information content (AvgIpc) is 2.01. The van der Waals surface area contributed by atoms with Gasteiger partial charge in [-0.25, -0.2) is 4.79 Å². The van der Waals surface area contributed by atoms with Crippen molar-refractivity contribution in [2.24, 2.45) is 4.99 Å². The second-order valence-electron chi connectivity index (χ2n) is 3.05. The third-order valence-corrected chi connectivity index (χ3v) is 1.66. The Balaban J connectivity index is 2.66. The summed E-state index contributed by atoms with van der Waals surface area (Å²) in [4.78, 5) is 25.8. The maximum atomic E-state index is 11.1. The molecule has 0 spiro atoms. The molecule has 0 aromatic rings. The number of hydrogen-bond donors (Lipinski definition) is 2. The molecule has 14 heavy (non-hydrogen) atoms. The molecule has 1 aliphatic rings. The number of carbonyl (C=O) groups is 2. The highest BCUT2D eigenvalue weighted by Gasteiger charge is 2.12. The molecule has 1 heterocycles. The zero-order valence-corrected chi connectivity index (χ0v) is 8.26. The molecule has 0 saturated carbocycles. The second-order valence-corrected chi connectivity index (χ2v) is 3.05. The fourth-order valence-corrected chi connectivity index (χ4v) is 1.14. The molecule has 2 N–H and O–H groups in total. The Morgan fingerprint density at radius 2 is 2.43 bits per heavy atom. The lowest BCUT2D eigenvalue weighted by atomic mass is 10.1. The third-order valence-electron chi connectivity index (χ3n) is 1.66. The number of urea groups is 1. The van der Waals surface area contributed by atoms with Gasteiger partial charge in [0.15, 0.2) is 0 Å². The SMILES string of the molecule is CCNC(=O)N=C1CC(C)=CC(=O)N1. The summed E-state index contributed by atoms with van der Waals surface area (Å²) in [5.74, 6) is 0.178. The number of rotatable bonds is 1. The molecule has 0 aromatic carbocycles. The molecule has 1 rings (SSSR count). The van der Waals surface area contributed by atoms with Gasteiger partial charge in [0.25, 0.3) is 0 Å². The summed E-state index contributed by atoms with van der Waals surface area (Å²) in [6, 6.07) is -0.419. The van der Waals surface area contributed by atoms with Gasteiger partial charge in [-0.05, 0) is 13.8 Å². The standard InChI is InChI=1S/C9H13N3O2/c1-3-10-9(14)12-7-4-6(2)5-8(13)11-7/h5H,3-4H2,1-2H3,(H2,10,11,12,13,14). The van der Waals surface area contributed by atoms with E-state index in [1.807, 2.05) is 13.8 Å². The smallest absolute Gasteiger partial charge is 0.336 e. The molecule has 1 aliphatic heterocycles. The summed E-state index contributed by atoms with van der Waals surface area (Å²) in [7, 11) is 0. The van der Waals surface area contributed by atoms with E-state index in [2.05, 4.69) is 15.6 Å². The zero-order chi connectivity index (χ0) is 10.6. The van der Waals surface area contributed by atoms with Crippen LogP contribution in [0.3, 0.4) is 0 Å². The quantitative estimate of drug-likeness (QED) is 0.642. The van der Waals surface area contributed by atoms with Crippen molar-refractivity contribution in [1.82, 2.24) is 10.6 Å². The van der Waals surface area contributed by atoms with E-state index < -0.39 is 6.03 Å². The number of nitrogens with one attached hydrogen (secondary N) is 2. The van der Waals surface area contributed by atoms with Crippen molar-refractivity contribution >= 4 is 17.8 Å². The summed E-state index contributed by atoms with van der Waals surface area (Å²) >= 11 is 0. The first-order valence-electron chi connectivity index (χ1n) is 4.45. The van der Waals surface area contributed by atoms with Gasteiger partial charge in [-0.15, -0.1) is 0 Å². The molecule has 0 saturated heterocycles. The molecule has 0 radical (unpaired) electrons. The fraction of sp³-hybridized carbons (Fsp3) is 0.444. The number of aliphatic imine (C=N–C) groups is 1. The molecule has 5 nitrogen and oxygen atoms in total. The Morgan fingerprint density at radius 1 is 1.71 bits per heavy atom. The predicted octanol–water partition coefficient (Wildman–Crippen LogP) is 0.581. The first-order valence-corrected chi connectivity index (χ1v) is 4.45. The molecule has 0 bridgehead atoms. The van der Waals surface area contributed by atoms with E-state index in [0.717, 1.165) is 5.57 Å². The van der Waals surface area contributed by atoms with Crippen LogP contribution in [0.15, 0.2) is 16.6 Å². The molecule has 76 valence electrons. The lowest BCUT2D eigenvalue weighted by molar-refractivity contribution is -0.115. The van der Waals surface area contributed by atoms with Crippen LogP contribution in [-0.2, 0) is 4.79 Å². The van der Waals surface area contributed by atoms with Crippen LogP contribution >= 0.6 is 0 Å². The lowest BCUT2D eigenvalue weighted by Gasteiger charge is -2.12. The predicted molar refractivity (Wildman–Crippen MR) is 53.0 cm³/mol. The first-order chi connectivity index (χ1) is 6.61. The van der Waals surface area contributed by atoms with Crippen molar-refractivity contribution in [3.05, 3.63) is 11.6 Å². The van der Waals surface area contributed by atoms with Gasteiger partial charge in [-0.2, -0.15) is 4.99 Å². The molecule has 0 fully saturated rings. The molecule has 0 aliphatic carbocycles. The maximum absolute atomic E-state index is 11.1. The number of nitrogens with zero attached hydrogens (tertiary/aromatic N) is 1. The van der Waals surface area contributed by atoms with Gasteiger partial charge in [0.2, 0.25) is 5.91 Å². The number of amidine groups is 1. The van der Waals surface area contributed by atoms with Crippen molar-refractivity contribution in [2.75, 3.05) is 6.54 Å². The van der Waals surface area contributed by atoms with Crippen LogP contribution in [0.2, 0.25) is 0 Å². The van der Waals surface area contributed by atoms with Crippen LogP contribution in [0, 0.1) is 0 Å². The van der Waals surface area contributed by atoms with Gasteiger partial charge in [0, 0.05) is 19.0 Å². The number of amides is 3. The zero-order valence-electron chi connectivity index (χ0n) is 8.26. The average molecular weight is 195 g/mol. The Labute approximate surface area is 82.3 Å². The van der Waals surface area contributed by atoms with E-state index >= 15 is 0 Å².